The largest absolute Gasteiger partial charge is 0.339 e. The molecule has 0 saturated heterocycles. The smallest absolute Gasteiger partial charge is 0.226 e. The van der Waals surface area contributed by atoms with Crippen molar-refractivity contribution in [2.75, 3.05) is 19.6 Å². The third-order valence-electron chi connectivity index (χ3n) is 4.12. The molecule has 0 spiro atoms. The molecule has 5 nitrogen and oxygen atoms in total. The Hall–Kier alpha value is -0.940. The van der Waals surface area contributed by atoms with Crippen molar-refractivity contribution in [2.45, 2.75) is 54.0 Å². The molecule has 0 radical (unpaired) electrons. The van der Waals surface area contributed by atoms with Gasteiger partial charge in [0.25, 0.3) is 0 Å². The molecule has 1 heterocycles. The van der Waals surface area contributed by atoms with Crippen LogP contribution in [0.2, 0.25) is 0 Å². The molecule has 20 heavy (non-hydrogen) atoms. The zero-order valence-corrected chi connectivity index (χ0v) is 13.8. The van der Waals surface area contributed by atoms with E-state index in [1.807, 2.05) is 0 Å². The average molecular weight is 282 g/mol. The Balaban J connectivity index is 2.63. The lowest BCUT2D eigenvalue weighted by Gasteiger charge is -2.25. The summed E-state index contributed by atoms with van der Waals surface area (Å²) >= 11 is 0. The zero-order valence-electron chi connectivity index (χ0n) is 13.8. The Morgan fingerprint density at radius 2 is 1.85 bits per heavy atom. The van der Waals surface area contributed by atoms with E-state index in [9.17, 15) is 0 Å². The number of likely N-dealkylation sites (N-methyl/N-ethyl adjacent to an activating group) is 1. The van der Waals surface area contributed by atoms with Gasteiger partial charge in [0.05, 0.1) is 6.04 Å². The van der Waals surface area contributed by atoms with Gasteiger partial charge in [0.15, 0.2) is 5.82 Å². The van der Waals surface area contributed by atoms with E-state index in [1.54, 1.807) is 0 Å². The van der Waals surface area contributed by atoms with Crippen LogP contribution in [-0.2, 0) is 6.42 Å². The molecule has 5 heteroatoms. The lowest BCUT2D eigenvalue weighted by Crippen LogP contribution is -2.32. The quantitative estimate of drug-likeness (QED) is 0.832. The summed E-state index contributed by atoms with van der Waals surface area (Å²) in [5, 5.41) is 4.04. The van der Waals surface area contributed by atoms with Crippen molar-refractivity contribution in [3.63, 3.8) is 0 Å². The van der Waals surface area contributed by atoms with Gasteiger partial charge in [0.2, 0.25) is 5.89 Å². The molecular weight excluding hydrogens is 252 g/mol. The Labute approximate surface area is 122 Å². The van der Waals surface area contributed by atoms with Crippen LogP contribution >= 0.6 is 0 Å². The molecule has 0 bridgehead atoms. The van der Waals surface area contributed by atoms with Gasteiger partial charge in [-0.1, -0.05) is 46.7 Å². The summed E-state index contributed by atoms with van der Waals surface area (Å²) in [6.07, 6.45) is 0.800. The van der Waals surface area contributed by atoms with Crippen LogP contribution in [0, 0.1) is 11.3 Å². The standard InChI is InChI=1S/C15H30N4O/c1-7-19(8-2)10-12(16)14-17-13(20-18-14)9-11(3)15(4,5)6/h11-12H,7-10,16H2,1-6H3. The van der Waals surface area contributed by atoms with Gasteiger partial charge in [-0.05, 0) is 24.4 Å². The molecular formula is C15H30N4O. The summed E-state index contributed by atoms with van der Waals surface area (Å²) in [4.78, 5) is 6.72. The van der Waals surface area contributed by atoms with Crippen LogP contribution in [0.1, 0.15) is 59.3 Å². The minimum atomic E-state index is -0.183. The van der Waals surface area contributed by atoms with Crippen LogP contribution in [-0.4, -0.2) is 34.7 Å². The molecule has 1 aromatic rings. The highest BCUT2D eigenvalue weighted by Crippen LogP contribution is 2.28. The lowest BCUT2D eigenvalue weighted by atomic mass is 9.80. The molecule has 0 aliphatic carbocycles. The van der Waals surface area contributed by atoms with E-state index in [4.69, 9.17) is 10.3 Å². The first-order valence-corrected chi connectivity index (χ1v) is 7.58. The number of hydrogen-bond donors (Lipinski definition) is 1. The van der Waals surface area contributed by atoms with E-state index < -0.39 is 0 Å². The minimum Gasteiger partial charge on any atom is -0.339 e. The van der Waals surface area contributed by atoms with Crippen molar-refractivity contribution in [1.82, 2.24) is 15.0 Å². The predicted molar refractivity (Wildman–Crippen MR) is 81.3 cm³/mol. The van der Waals surface area contributed by atoms with E-state index in [-0.39, 0.29) is 11.5 Å². The van der Waals surface area contributed by atoms with E-state index in [1.165, 1.54) is 0 Å². The SMILES string of the molecule is CCN(CC)CC(N)c1noc(CC(C)C(C)(C)C)n1. The number of hydrogen-bond acceptors (Lipinski definition) is 5. The molecule has 0 aliphatic heterocycles. The number of nitrogens with two attached hydrogens (primary N) is 1. The maximum absolute atomic E-state index is 6.15. The van der Waals surface area contributed by atoms with Crippen LogP contribution < -0.4 is 5.73 Å². The number of aromatic nitrogens is 2. The normalized spacial score (nSPS) is 15.6. The highest BCUT2D eigenvalue weighted by Gasteiger charge is 2.23. The molecule has 1 rings (SSSR count). The second-order valence-electron chi connectivity index (χ2n) is 6.61. The fraction of sp³-hybridized carbons (Fsp3) is 0.867. The van der Waals surface area contributed by atoms with Gasteiger partial charge in [-0.3, -0.25) is 0 Å². The van der Waals surface area contributed by atoms with Crippen molar-refractivity contribution in [2.24, 2.45) is 17.1 Å². The molecule has 0 aliphatic rings. The van der Waals surface area contributed by atoms with Crippen LogP contribution in [0.25, 0.3) is 0 Å². The Morgan fingerprint density at radius 1 is 1.25 bits per heavy atom. The first-order valence-electron chi connectivity index (χ1n) is 7.58. The maximum Gasteiger partial charge on any atom is 0.226 e. The second-order valence-corrected chi connectivity index (χ2v) is 6.61. The number of rotatable bonds is 7. The summed E-state index contributed by atoms with van der Waals surface area (Å²) in [6, 6.07) is -0.183. The summed E-state index contributed by atoms with van der Waals surface area (Å²) in [7, 11) is 0. The molecule has 0 saturated carbocycles. The molecule has 0 amide bonds. The van der Waals surface area contributed by atoms with Crippen LogP contribution in [0.3, 0.4) is 0 Å². The van der Waals surface area contributed by atoms with Gasteiger partial charge >= 0.3 is 0 Å². The van der Waals surface area contributed by atoms with E-state index in [0.717, 1.165) is 26.1 Å². The summed E-state index contributed by atoms with van der Waals surface area (Å²) < 4.78 is 5.34. The van der Waals surface area contributed by atoms with Gasteiger partial charge in [0, 0.05) is 13.0 Å². The van der Waals surface area contributed by atoms with E-state index in [2.05, 4.69) is 56.6 Å². The van der Waals surface area contributed by atoms with Gasteiger partial charge < -0.3 is 15.2 Å². The first kappa shape index (κ1) is 17.1. The van der Waals surface area contributed by atoms with Gasteiger partial charge in [-0.2, -0.15) is 4.98 Å². The van der Waals surface area contributed by atoms with E-state index >= 15 is 0 Å². The molecule has 2 unspecified atom stereocenters. The van der Waals surface area contributed by atoms with E-state index in [0.29, 0.717) is 17.6 Å². The Kier molecular flexibility index (Phi) is 6.14. The first-order chi connectivity index (χ1) is 9.27. The predicted octanol–water partition coefficient (Wildman–Crippen LogP) is 2.64. The third kappa shape index (κ3) is 4.87. The zero-order chi connectivity index (χ0) is 15.3. The van der Waals surface area contributed by atoms with Gasteiger partial charge in [-0.25, -0.2) is 0 Å². The molecule has 116 valence electrons. The van der Waals surface area contributed by atoms with Crippen LogP contribution in [0.5, 0.6) is 0 Å². The third-order valence-corrected chi connectivity index (χ3v) is 4.12. The summed E-state index contributed by atoms with van der Waals surface area (Å²) in [6.45, 7) is 15.9. The van der Waals surface area contributed by atoms with Gasteiger partial charge in [-0.15, -0.1) is 0 Å². The average Bonchev–Trinajstić information content (AvgIpc) is 2.83. The van der Waals surface area contributed by atoms with Gasteiger partial charge in [0.1, 0.15) is 0 Å². The number of nitrogens with zero attached hydrogens (tertiary/aromatic N) is 3. The molecule has 2 atom stereocenters. The maximum atomic E-state index is 6.15. The fourth-order valence-electron chi connectivity index (χ4n) is 1.91. The highest BCUT2D eigenvalue weighted by molar-refractivity contribution is 4.95. The second kappa shape index (κ2) is 7.18. The lowest BCUT2D eigenvalue weighted by molar-refractivity contribution is 0.236. The van der Waals surface area contributed by atoms with Crippen molar-refractivity contribution in [1.29, 1.82) is 0 Å². The summed E-state index contributed by atoms with van der Waals surface area (Å²) in [5.41, 5.74) is 6.38. The van der Waals surface area contributed by atoms with Crippen LogP contribution in [0.4, 0.5) is 0 Å². The summed E-state index contributed by atoms with van der Waals surface area (Å²) in [5.74, 6) is 1.79. The van der Waals surface area contributed by atoms with Crippen molar-refractivity contribution < 1.29 is 4.52 Å². The molecule has 0 aromatic carbocycles. The highest BCUT2D eigenvalue weighted by atomic mass is 16.5. The fourth-order valence-corrected chi connectivity index (χ4v) is 1.91. The van der Waals surface area contributed by atoms with Crippen molar-refractivity contribution in [3.05, 3.63) is 11.7 Å². The van der Waals surface area contributed by atoms with Crippen molar-refractivity contribution >= 4 is 0 Å². The Bertz CT molecular complexity index is 393. The monoisotopic (exact) mass is 282 g/mol. The van der Waals surface area contributed by atoms with Crippen molar-refractivity contribution in [3.8, 4) is 0 Å². The molecule has 1 aromatic heterocycles. The topological polar surface area (TPSA) is 68.2 Å². The molecule has 2 N–H and O–H groups in total. The van der Waals surface area contributed by atoms with Crippen LogP contribution in [0.15, 0.2) is 4.52 Å². The Morgan fingerprint density at radius 3 is 2.35 bits per heavy atom. The molecule has 0 fully saturated rings. The minimum absolute atomic E-state index is 0.183.